The molecule has 3 rings (SSSR count). The summed E-state index contributed by atoms with van der Waals surface area (Å²) in [5, 5.41) is 36.4. The van der Waals surface area contributed by atoms with Gasteiger partial charge in [0.05, 0.1) is 17.9 Å². The fraction of sp³-hybridized carbons (Fsp3) is 0.750. The Morgan fingerprint density at radius 3 is 2.80 bits per heavy atom. The first kappa shape index (κ1) is 13.5. The third kappa shape index (κ3) is 1.20. The summed E-state index contributed by atoms with van der Waals surface area (Å²) in [6.07, 6.45) is 0. The second-order valence-electron chi connectivity index (χ2n) is 6.10. The molecular formula is C12H22N6O2. The lowest BCUT2D eigenvalue weighted by molar-refractivity contribution is -0.230. The van der Waals surface area contributed by atoms with Crippen molar-refractivity contribution >= 4 is 5.96 Å². The van der Waals surface area contributed by atoms with Crippen molar-refractivity contribution in [2.45, 2.75) is 37.2 Å². The van der Waals surface area contributed by atoms with Crippen molar-refractivity contribution < 1.29 is 10.3 Å². The Morgan fingerprint density at radius 1 is 1.55 bits per heavy atom. The maximum Gasteiger partial charge on any atom is 0.218 e. The molecule has 20 heavy (non-hydrogen) atoms. The summed E-state index contributed by atoms with van der Waals surface area (Å²) >= 11 is 0. The summed E-state index contributed by atoms with van der Waals surface area (Å²) in [5.41, 5.74) is 3.42. The van der Waals surface area contributed by atoms with Crippen molar-refractivity contribution in [3.8, 4) is 0 Å². The average molecular weight is 282 g/mol. The quantitative estimate of drug-likeness (QED) is 0.342. The summed E-state index contributed by atoms with van der Waals surface area (Å²) in [4.78, 5) is 1.84. The zero-order valence-electron chi connectivity index (χ0n) is 11.7. The van der Waals surface area contributed by atoms with Gasteiger partial charge in [-0.25, -0.2) is 0 Å². The lowest BCUT2D eigenvalue weighted by Gasteiger charge is -2.54. The van der Waals surface area contributed by atoms with Crippen LogP contribution in [-0.4, -0.2) is 62.7 Å². The molecule has 0 aromatic rings. The third-order valence-electron chi connectivity index (χ3n) is 5.17. The molecule has 0 aromatic heterocycles. The first-order valence-corrected chi connectivity index (χ1v) is 6.78. The van der Waals surface area contributed by atoms with E-state index in [0.717, 1.165) is 5.06 Å². The lowest BCUT2D eigenvalue weighted by Crippen LogP contribution is -2.77. The van der Waals surface area contributed by atoms with E-state index in [1.807, 2.05) is 11.8 Å². The highest BCUT2D eigenvalue weighted by Crippen LogP contribution is 2.51. The van der Waals surface area contributed by atoms with Gasteiger partial charge in [-0.3, -0.25) is 10.6 Å². The Bertz CT molecular complexity index is 481. The van der Waals surface area contributed by atoms with Gasteiger partial charge in [-0.1, -0.05) is 13.5 Å². The van der Waals surface area contributed by atoms with Crippen molar-refractivity contribution in [2.75, 3.05) is 13.1 Å². The number of hydrogen-bond donors (Lipinski definition) is 6. The number of nitrogens with one attached hydrogen (secondary N) is 3. The minimum atomic E-state index is -1.22. The Kier molecular flexibility index (Phi) is 2.54. The molecule has 8 heteroatoms. The van der Waals surface area contributed by atoms with Crippen molar-refractivity contribution in [1.29, 1.82) is 5.41 Å². The van der Waals surface area contributed by atoms with Gasteiger partial charge in [-0.2, -0.15) is 5.06 Å². The normalized spacial score (nSPS) is 47.0. The number of rotatable bonds is 1. The largest absolute Gasteiger partial charge is 0.385 e. The van der Waals surface area contributed by atoms with E-state index in [-0.39, 0.29) is 17.9 Å². The predicted molar refractivity (Wildman–Crippen MR) is 72.6 cm³/mol. The van der Waals surface area contributed by atoms with E-state index in [0.29, 0.717) is 18.9 Å². The number of nitrogens with zero attached hydrogens (tertiary/aromatic N) is 2. The van der Waals surface area contributed by atoms with E-state index < -0.39 is 17.3 Å². The maximum absolute atomic E-state index is 11.0. The van der Waals surface area contributed by atoms with E-state index in [1.165, 1.54) is 0 Å². The first-order valence-electron chi connectivity index (χ1n) is 6.78. The molecule has 3 aliphatic rings. The standard InChI is InChI=1S/C12H22N6O2/c1-6-5-17-7(2)15-8(4-13)9-12(17,11(6,3)19)18(20)10(14)16-9/h6,8-9,15,19-20H,2,4-5,13H2,1,3H3,(H2,14,16)/t6?,8?,9-,11?,12+/m0/s1. The molecule has 112 valence electrons. The van der Waals surface area contributed by atoms with Gasteiger partial charge in [0.1, 0.15) is 5.60 Å². The molecule has 7 N–H and O–H groups in total. The fourth-order valence-corrected chi connectivity index (χ4v) is 3.92. The van der Waals surface area contributed by atoms with Crippen LogP contribution in [0.25, 0.3) is 0 Å². The molecule has 3 fully saturated rings. The number of nitrogens with two attached hydrogens (primary N) is 1. The lowest BCUT2D eigenvalue weighted by atomic mass is 9.76. The van der Waals surface area contributed by atoms with Gasteiger partial charge in [-0.05, 0) is 6.92 Å². The molecule has 0 amide bonds. The fourth-order valence-electron chi connectivity index (χ4n) is 3.92. The van der Waals surface area contributed by atoms with E-state index >= 15 is 0 Å². The molecule has 5 atom stereocenters. The maximum atomic E-state index is 11.0. The minimum absolute atomic E-state index is 0.0950. The molecule has 3 heterocycles. The van der Waals surface area contributed by atoms with Gasteiger partial charge in [0, 0.05) is 19.0 Å². The zero-order valence-corrected chi connectivity index (χ0v) is 11.7. The van der Waals surface area contributed by atoms with Gasteiger partial charge in [0.2, 0.25) is 5.96 Å². The summed E-state index contributed by atoms with van der Waals surface area (Å²) in [6.45, 7) is 8.44. The van der Waals surface area contributed by atoms with E-state index in [9.17, 15) is 10.3 Å². The summed E-state index contributed by atoms with van der Waals surface area (Å²) in [5.74, 6) is 0.378. The number of guanidine groups is 1. The Balaban J connectivity index is 2.21. The van der Waals surface area contributed by atoms with Gasteiger partial charge >= 0.3 is 0 Å². The minimum Gasteiger partial charge on any atom is -0.385 e. The number of hydrogen-bond acceptors (Lipinski definition) is 6. The van der Waals surface area contributed by atoms with Crippen LogP contribution in [0.5, 0.6) is 0 Å². The van der Waals surface area contributed by atoms with Crippen LogP contribution in [0.4, 0.5) is 0 Å². The predicted octanol–water partition coefficient (Wildman–Crippen LogP) is -1.62. The molecule has 0 aliphatic carbocycles. The molecule has 0 saturated carbocycles. The molecule has 1 spiro atoms. The van der Waals surface area contributed by atoms with Crippen molar-refractivity contribution in [3.63, 3.8) is 0 Å². The van der Waals surface area contributed by atoms with Crippen LogP contribution < -0.4 is 16.4 Å². The Hall–Kier alpha value is -1.51. The van der Waals surface area contributed by atoms with Crippen LogP contribution in [-0.2, 0) is 0 Å². The molecule has 0 aromatic carbocycles. The topological polar surface area (TPSA) is 121 Å². The highest BCUT2D eigenvalue weighted by molar-refractivity contribution is 5.80. The molecule has 0 radical (unpaired) electrons. The van der Waals surface area contributed by atoms with Gasteiger partial charge in [0.25, 0.3) is 0 Å². The van der Waals surface area contributed by atoms with Crippen LogP contribution >= 0.6 is 0 Å². The molecule has 3 saturated heterocycles. The zero-order chi connectivity index (χ0) is 14.9. The Labute approximate surface area is 117 Å². The van der Waals surface area contributed by atoms with E-state index in [4.69, 9.17) is 11.1 Å². The second kappa shape index (κ2) is 3.78. The van der Waals surface area contributed by atoms with Crippen LogP contribution in [0.3, 0.4) is 0 Å². The monoisotopic (exact) mass is 282 g/mol. The molecule has 8 nitrogen and oxygen atoms in total. The van der Waals surface area contributed by atoms with Gasteiger partial charge in [-0.15, -0.1) is 0 Å². The molecular weight excluding hydrogens is 260 g/mol. The van der Waals surface area contributed by atoms with Crippen LogP contribution in [0.15, 0.2) is 12.4 Å². The van der Waals surface area contributed by atoms with Gasteiger partial charge in [0.15, 0.2) is 5.66 Å². The van der Waals surface area contributed by atoms with Crippen molar-refractivity contribution in [1.82, 2.24) is 20.6 Å². The van der Waals surface area contributed by atoms with E-state index in [1.54, 1.807) is 6.92 Å². The number of aliphatic hydroxyl groups is 1. The van der Waals surface area contributed by atoms with Gasteiger partial charge < -0.3 is 26.4 Å². The van der Waals surface area contributed by atoms with Crippen molar-refractivity contribution in [3.05, 3.63) is 12.4 Å². The van der Waals surface area contributed by atoms with Crippen LogP contribution in [0.1, 0.15) is 13.8 Å². The molecule has 3 unspecified atom stereocenters. The first-order chi connectivity index (χ1) is 9.28. The van der Waals surface area contributed by atoms with E-state index in [2.05, 4.69) is 17.2 Å². The average Bonchev–Trinajstić information content (AvgIpc) is 2.77. The third-order valence-corrected chi connectivity index (χ3v) is 5.17. The number of hydroxylamine groups is 2. The highest BCUT2D eigenvalue weighted by Gasteiger charge is 2.73. The Morgan fingerprint density at radius 2 is 2.20 bits per heavy atom. The highest BCUT2D eigenvalue weighted by atomic mass is 16.5. The SMILES string of the molecule is C=C1NC(CN)[C@@H]2NC(=N)N(O)[C@]23N1CC(C)C3(C)O. The van der Waals surface area contributed by atoms with Crippen molar-refractivity contribution in [2.24, 2.45) is 11.7 Å². The summed E-state index contributed by atoms with van der Waals surface area (Å²) < 4.78 is 0. The second-order valence-corrected chi connectivity index (χ2v) is 6.10. The summed E-state index contributed by atoms with van der Waals surface area (Å²) in [7, 11) is 0. The van der Waals surface area contributed by atoms with Crippen LogP contribution in [0.2, 0.25) is 0 Å². The smallest absolute Gasteiger partial charge is 0.218 e. The molecule has 3 aliphatic heterocycles. The van der Waals surface area contributed by atoms with Crippen LogP contribution in [0, 0.1) is 11.3 Å². The molecule has 0 bridgehead atoms. The summed E-state index contributed by atoms with van der Waals surface area (Å²) in [6, 6.07) is -0.636.